The first-order chi connectivity index (χ1) is 12.1. The van der Waals surface area contributed by atoms with Crippen LogP contribution in [-0.2, 0) is 17.8 Å². The summed E-state index contributed by atoms with van der Waals surface area (Å²) in [6.07, 6.45) is 0.616. The van der Waals surface area contributed by atoms with Crippen molar-refractivity contribution in [3.05, 3.63) is 71.4 Å². The van der Waals surface area contributed by atoms with Crippen molar-refractivity contribution in [1.29, 1.82) is 0 Å². The number of aromatic nitrogens is 2. The maximum absolute atomic E-state index is 12.9. The van der Waals surface area contributed by atoms with Gasteiger partial charge in [0.2, 0.25) is 17.7 Å². The molecule has 1 amide bonds. The molecule has 3 aromatic rings. The second kappa shape index (κ2) is 7.70. The van der Waals surface area contributed by atoms with E-state index in [0.29, 0.717) is 30.3 Å². The minimum absolute atomic E-state index is 0.0789. The third kappa shape index (κ3) is 4.50. The molecule has 0 radical (unpaired) electrons. The van der Waals surface area contributed by atoms with Crippen molar-refractivity contribution < 1.29 is 13.6 Å². The lowest BCUT2D eigenvalue weighted by Crippen LogP contribution is -2.23. The van der Waals surface area contributed by atoms with E-state index in [0.717, 1.165) is 11.1 Å². The van der Waals surface area contributed by atoms with Gasteiger partial charge < -0.3 is 9.73 Å². The van der Waals surface area contributed by atoms with Crippen molar-refractivity contribution in [2.75, 3.05) is 0 Å². The second-order valence-electron chi connectivity index (χ2n) is 5.71. The van der Waals surface area contributed by atoms with Gasteiger partial charge in [-0.2, -0.15) is 0 Å². The molecule has 0 saturated carbocycles. The lowest BCUT2D eigenvalue weighted by Gasteiger charge is -2.07. The van der Waals surface area contributed by atoms with Gasteiger partial charge in [-0.1, -0.05) is 24.3 Å². The highest BCUT2D eigenvalue weighted by Gasteiger charge is 2.11. The molecule has 0 atom stereocenters. The minimum atomic E-state index is -0.325. The molecule has 6 heteroatoms. The third-order valence-electron chi connectivity index (χ3n) is 3.86. The smallest absolute Gasteiger partial charge is 0.247 e. The summed E-state index contributed by atoms with van der Waals surface area (Å²) >= 11 is 0. The summed E-state index contributed by atoms with van der Waals surface area (Å²) in [6, 6.07) is 13.7. The monoisotopic (exact) mass is 339 g/mol. The van der Waals surface area contributed by atoms with Crippen LogP contribution in [0.3, 0.4) is 0 Å². The average molecular weight is 339 g/mol. The zero-order valence-electron chi connectivity index (χ0n) is 13.8. The van der Waals surface area contributed by atoms with Crippen LogP contribution in [0.2, 0.25) is 0 Å². The van der Waals surface area contributed by atoms with E-state index < -0.39 is 0 Å². The van der Waals surface area contributed by atoms with Crippen LogP contribution in [0, 0.1) is 12.7 Å². The lowest BCUT2D eigenvalue weighted by molar-refractivity contribution is -0.121. The topological polar surface area (TPSA) is 68.0 Å². The van der Waals surface area contributed by atoms with E-state index in [4.69, 9.17) is 4.42 Å². The summed E-state index contributed by atoms with van der Waals surface area (Å²) in [5.74, 6) is 0.291. The van der Waals surface area contributed by atoms with Crippen LogP contribution in [0.1, 0.15) is 23.4 Å². The van der Waals surface area contributed by atoms with Gasteiger partial charge in [0, 0.05) is 24.9 Å². The lowest BCUT2D eigenvalue weighted by atomic mass is 10.1. The van der Waals surface area contributed by atoms with Crippen LogP contribution in [0.4, 0.5) is 4.39 Å². The second-order valence-corrected chi connectivity index (χ2v) is 5.71. The van der Waals surface area contributed by atoms with Crippen molar-refractivity contribution in [3.63, 3.8) is 0 Å². The average Bonchev–Trinajstić information content (AvgIpc) is 3.09. The molecule has 0 saturated heterocycles. The van der Waals surface area contributed by atoms with Gasteiger partial charge in [0.25, 0.3) is 0 Å². The molecule has 1 N–H and O–H groups in total. The standard InChI is InChI=1S/C19H18FN3O2/c1-13-4-2-3-5-15(13)12-21-17(24)10-11-18-22-23-19(25-18)14-6-8-16(20)9-7-14/h2-9H,10-12H2,1H3,(H,21,24). The van der Waals surface area contributed by atoms with E-state index >= 15 is 0 Å². The Bertz CT molecular complexity index is 859. The highest BCUT2D eigenvalue weighted by Crippen LogP contribution is 2.18. The number of carbonyl (C=O) groups is 1. The predicted octanol–water partition coefficient (Wildman–Crippen LogP) is 3.43. The largest absolute Gasteiger partial charge is 0.421 e. The number of hydrogen-bond acceptors (Lipinski definition) is 4. The fourth-order valence-electron chi connectivity index (χ4n) is 2.37. The summed E-state index contributed by atoms with van der Waals surface area (Å²) in [5, 5.41) is 10.7. The van der Waals surface area contributed by atoms with E-state index in [9.17, 15) is 9.18 Å². The Labute approximate surface area is 144 Å². The quantitative estimate of drug-likeness (QED) is 0.747. The van der Waals surface area contributed by atoms with Crippen molar-refractivity contribution in [1.82, 2.24) is 15.5 Å². The molecule has 0 fully saturated rings. The van der Waals surface area contributed by atoms with Crippen molar-refractivity contribution in [2.45, 2.75) is 26.3 Å². The molecule has 3 rings (SSSR count). The van der Waals surface area contributed by atoms with Gasteiger partial charge in [-0.3, -0.25) is 4.79 Å². The first-order valence-electron chi connectivity index (χ1n) is 8.01. The van der Waals surface area contributed by atoms with Gasteiger partial charge >= 0.3 is 0 Å². The van der Waals surface area contributed by atoms with Crippen LogP contribution in [0.15, 0.2) is 52.9 Å². The van der Waals surface area contributed by atoms with E-state index in [1.807, 2.05) is 31.2 Å². The molecule has 0 aliphatic heterocycles. The number of aryl methyl sites for hydroxylation is 2. The minimum Gasteiger partial charge on any atom is -0.421 e. The zero-order chi connectivity index (χ0) is 17.6. The zero-order valence-corrected chi connectivity index (χ0v) is 13.8. The van der Waals surface area contributed by atoms with Crippen molar-refractivity contribution in [2.24, 2.45) is 0 Å². The summed E-state index contributed by atoms with van der Waals surface area (Å²) in [4.78, 5) is 12.0. The van der Waals surface area contributed by atoms with Gasteiger partial charge in [0.15, 0.2) is 0 Å². The number of nitrogens with zero attached hydrogens (tertiary/aromatic N) is 2. The Morgan fingerprint density at radius 1 is 1.12 bits per heavy atom. The molecule has 0 spiro atoms. The van der Waals surface area contributed by atoms with Gasteiger partial charge in [0.05, 0.1) is 0 Å². The molecule has 1 aromatic heterocycles. The van der Waals surface area contributed by atoms with Crippen LogP contribution in [0.25, 0.3) is 11.5 Å². The number of amides is 1. The first kappa shape index (κ1) is 16.8. The fourth-order valence-corrected chi connectivity index (χ4v) is 2.37. The molecule has 0 aliphatic rings. The van der Waals surface area contributed by atoms with E-state index in [1.54, 1.807) is 12.1 Å². The number of hydrogen-bond donors (Lipinski definition) is 1. The van der Waals surface area contributed by atoms with Crippen molar-refractivity contribution >= 4 is 5.91 Å². The highest BCUT2D eigenvalue weighted by molar-refractivity contribution is 5.76. The molecule has 1 heterocycles. The maximum atomic E-state index is 12.9. The number of carbonyl (C=O) groups excluding carboxylic acids is 1. The summed E-state index contributed by atoms with van der Waals surface area (Å²) in [5.41, 5.74) is 2.88. The van der Waals surface area contributed by atoms with Crippen LogP contribution in [0.5, 0.6) is 0 Å². The van der Waals surface area contributed by atoms with E-state index in [1.165, 1.54) is 12.1 Å². The Balaban J connectivity index is 1.51. The highest BCUT2D eigenvalue weighted by atomic mass is 19.1. The van der Waals surface area contributed by atoms with E-state index in [-0.39, 0.29) is 18.1 Å². The number of benzene rings is 2. The molecule has 2 aromatic carbocycles. The van der Waals surface area contributed by atoms with Crippen LogP contribution in [-0.4, -0.2) is 16.1 Å². The van der Waals surface area contributed by atoms with Crippen LogP contribution >= 0.6 is 0 Å². The van der Waals surface area contributed by atoms with Gasteiger partial charge in [-0.05, 0) is 42.3 Å². The molecule has 0 unspecified atom stereocenters. The number of nitrogens with one attached hydrogen (secondary N) is 1. The number of rotatable bonds is 6. The SMILES string of the molecule is Cc1ccccc1CNC(=O)CCc1nnc(-c2ccc(F)cc2)o1. The Morgan fingerprint density at radius 2 is 1.88 bits per heavy atom. The molecular weight excluding hydrogens is 321 g/mol. The Morgan fingerprint density at radius 3 is 2.64 bits per heavy atom. The van der Waals surface area contributed by atoms with Crippen LogP contribution < -0.4 is 5.32 Å². The molecule has 5 nitrogen and oxygen atoms in total. The van der Waals surface area contributed by atoms with Gasteiger partial charge in [0.1, 0.15) is 5.82 Å². The third-order valence-corrected chi connectivity index (χ3v) is 3.86. The Hall–Kier alpha value is -3.02. The normalized spacial score (nSPS) is 10.6. The Kier molecular flexibility index (Phi) is 5.18. The summed E-state index contributed by atoms with van der Waals surface area (Å²) < 4.78 is 18.4. The molecule has 128 valence electrons. The molecule has 0 bridgehead atoms. The van der Waals surface area contributed by atoms with Crippen molar-refractivity contribution in [3.8, 4) is 11.5 Å². The molecular formula is C19H18FN3O2. The van der Waals surface area contributed by atoms with Gasteiger partial charge in [-0.25, -0.2) is 4.39 Å². The molecule has 25 heavy (non-hydrogen) atoms. The summed E-state index contributed by atoms with van der Waals surface area (Å²) in [7, 11) is 0. The maximum Gasteiger partial charge on any atom is 0.247 e. The number of halogens is 1. The van der Waals surface area contributed by atoms with E-state index in [2.05, 4.69) is 15.5 Å². The first-order valence-corrected chi connectivity index (χ1v) is 8.01. The van der Waals surface area contributed by atoms with Gasteiger partial charge in [-0.15, -0.1) is 10.2 Å². The fraction of sp³-hybridized carbons (Fsp3) is 0.211. The summed E-state index contributed by atoms with van der Waals surface area (Å²) in [6.45, 7) is 2.51. The molecule has 0 aliphatic carbocycles. The predicted molar refractivity (Wildman–Crippen MR) is 91.0 cm³/mol.